The van der Waals surface area contributed by atoms with Crippen molar-refractivity contribution >= 4 is 17.2 Å². The summed E-state index contributed by atoms with van der Waals surface area (Å²) in [6, 6.07) is 16.9. The number of hydrogen-bond donors (Lipinski definition) is 1. The number of methoxy groups -OCH3 is 1. The van der Waals surface area contributed by atoms with Crippen molar-refractivity contribution in [2.45, 2.75) is 13.5 Å². The van der Waals surface area contributed by atoms with Gasteiger partial charge in [-0.05, 0) is 37.3 Å². The molecule has 0 fully saturated rings. The largest absolute Gasteiger partial charge is 0.497 e. The lowest BCUT2D eigenvalue weighted by molar-refractivity contribution is 0.102. The topological polar surface area (TPSA) is 95.1 Å². The summed E-state index contributed by atoms with van der Waals surface area (Å²) in [6.45, 7) is 1.85. The van der Waals surface area contributed by atoms with Crippen molar-refractivity contribution in [3.8, 4) is 11.5 Å². The predicted molar refractivity (Wildman–Crippen MR) is 110 cm³/mol. The average molecular weight is 405 g/mol. The highest BCUT2D eigenvalue weighted by Crippen LogP contribution is 2.20. The van der Waals surface area contributed by atoms with Crippen LogP contribution in [0.5, 0.6) is 11.5 Å². The summed E-state index contributed by atoms with van der Waals surface area (Å²) in [5.74, 6) is 1.47. The van der Waals surface area contributed by atoms with Gasteiger partial charge in [0.25, 0.3) is 11.5 Å². The first kappa shape index (κ1) is 19.3. The van der Waals surface area contributed by atoms with Crippen LogP contribution in [-0.2, 0) is 6.61 Å². The van der Waals surface area contributed by atoms with Crippen molar-refractivity contribution in [2.24, 2.45) is 0 Å². The van der Waals surface area contributed by atoms with E-state index in [4.69, 9.17) is 14.0 Å². The zero-order valence-electron chi connectivity index (χ0n) is 16.4. The third-order valence-corrected chi connectivity index (χ3v) is 4.33. The van der Waals surface area contributed by atoms with Gasteiger partial charge in [0.1, 0.15) is 23.9 Å². The smallest absolute Gasteiger partial charge is 0.287 e. The van der Waals surface area contributed by atoms with E-state index in [0.29, 0.717) is 39.9 Å². The maximum atomic E-state index is 12.5. The molecule has 8 heteroatoms. The number of hydrogen-bond acceptors (Lipinski definition) is 6. The van der Waals surface area contributed by atoms with Gasteiger partial charge in [0, 0.05) is 29.4 Å². The summed E-state index contributed by atoms with van der Waals surface area (Å²) >= 11 is 0. The molecule has 0 bridgehead atoms. The third kappa shape index (κ3) is 4.17. The Bertz CT molecular complexity index is 1280. The van der Waals surface area contributed by atoms with Crippen LogP contribution in [0.4, 0.5) is 5.69 Å². The van der Waals surface area contributed by atoms with Crippen LogP contribution >= 0.6 is 0 Å². The van der Waals surface area contributed by atoms with Crippen LogP contribution in [0.25, 0.3) is 5.65 Å². The number of carbonyl (C=O) groups is 1. The Balaban J connectivity index is 1.46. The third-order valence-electron chi connectivity index (χ3n) is 4.33. The maximum Gasteiger partial charge on any atom is 0.287 e. The van der Waals surface area contributed by atoms with Crippen molar-refractivity contribution < 1.29 is 18.8 Å². The van der Waals surface area contributed by atoms with Crippen molar-refractivity contribution in [1.82, 2.24) is 9.56 Å². The van der Waals surface area contributed by atoms with E-state index in [1.54, 1.807) is 68.6 Å². The molecule has 0 aliphatic heterocycles. The predicted octanol–water partition coefficient (Wildman–Crippen LogP) is 3.44. The summed E-state index contributed by atoms with van der Waals surface area (Å²) in [4.78, 5) is 28.9. The van der Waals surface area contributed by atoms with Crippen LogP contribution in [0, 0.1) is 6.92 Å². The molecule has 4 rings (SSSR count). The van der Waals surface area contributed by atoms with Crippen LogP contribution in [0.15, 0.2) is 70.0 Å². The van der Waals surface area contributed by atoms with Crippen molar-refractivity contribution in [3.05, 3.63) is 88.0 Å². The van der Waals surface area contributed by atoms with Gasteiger partial charge in [-0.2, -0.15) is 0 Å². The maximum absolute atomic E-state index is 12.5. The molecule has 2 aromatic heterocycles. The van der Waals surface area contributed by atoms with Gasteiger partial charge in [0.15, 0.2) is 5.65 Å². The Labute approximate surface area is 171 Å². The first-order chi connectivity index (χ1) is 14.5. The second-order valence-corrected chi connectivity index (χ2v) is 6.59. The van der Waals surface area contributed by atoms with Gasteiger partial charge in [0.05, 0.1) is 12.8 Å². The van der Waals surface area contributed by atoms with Crippen molar-refractivity contribution in [3.63, 3.8) is 0 Å². The van der Waals surface area contributed by atoms with Crippen LogP contribution in [0.1, 0.15) is 21.8 Å². The van der Waals surface area contributed by atoms with E-state index in [0.717, 1.165) is 4.57 Å². The molecule has 0 aliphatic carbocycles. The molecule has 1 N–H and O–H groups in total. The molecule has 2 aromatic carbocycles. The second-order valence-electron chi connectivity index (χ2n) is 6.59. The number of carbonyl (C=O) groups excluding carboxylic acids is 1. The number of aryl methyl sites for hydroxylation is 1. The molecule has 0 spiro atoms. The van der Waals surface area contributed by atoms with Gasteiger partial charge in [-0.15, -0.1) is 4.57 Å². The highest BCUT2D eigenvalue weighted by molar-refractivity contribution is 6.04. The summed E-state index contributed by atoms with van der Waals surface area (Å²) < 4.78 is 17.3. The minimum Gasteiger partial charge on any atom is -0.497 e. The van der Waals surface area contributed by atoms with E-state index in [9.17, 15) is 9.59 Å². The summed E-state index contributed by atoms with van der Waals surface area (Å²) in [5.41, 5.74) is 1.65. The molecule has 0 saturated carbocycles. The molecule has 0 saturated heterocycles. The number of nitrogens with one attached hydrogen (secondary N) is 1. The number of aromatic nitrogens is 2. The van der Waals surface area contributed by atoms with E-state index < -0.39 is 0 Å². The Morgan fingerprint density at radius 3 is 2.73 bits per heavy atom. The van der Waals surface area contributed by atoms with Gasteiger partial charge in [-0.1, -0.05) is 12.1 Å². The number of ether oxygens (including phenoxy) is 2. The fraction of sp³-hybridized carbons (Fsp3) is 0.136. The van der Waals surface area contributed by atoms with Crippen LogP contribution in [-0.4, -0.2) is 22.6 Å². The van der Waals surface area contributed by atoms with Crippen molar-refractivity contribution in [1.29, 1.82) is 0 Å². The number of anilines is 1. The zero-order chi connectivity index (χ0) is 21.1. The number of benzene rings is 2. The Morgan fingerprint density at radius 2 is 1.90 bits per heavy atom. The number of nitrogens with zero attached hydrogens (tertiary/aromatic N) is 2. The standard InChI is InChI=1S/C22H19N3O5/c1-14-9-20-23-17(12-21(26)25(20)30-14)13-29-19-8-4-6-16(11-19)24-22(27)15-5-3-7-18(10-15)28-2/h3-12H,13H2,1-2H3,(H,24,27). The quantitative estimate of drug-likeness (QED) is 0.528. The molecule has 4 aromatic rings. The molecule has 8 nitrogen and oxygen atoms in total. The molecule has 0 atom stereocenters. The first-order valence-corrected chi connectivity index (χ1v) is 9.20. The van der Waals surface area contributed by atoms with Crippen LogP contribution in [0.2, 0.25) is 0 Å². The van der Waals surface area contributed by atoms with Gasteiger partial charge in [-0.25, -0.2) is 4.98 Å². The fourth-order valence-electron chi connectivity index (χ4n) is 2.94. The molecule has 0 unspecified atom stereocenters. The van der Waals surface area contributed by atoms with E-state index in [-0.39, 0.29) is 18.1 Å². The lowest BCUT2D eigenvalue weighted by atomic mass is 10.2. The molecule has 1 amide bonds. The normalized spacial score (nSPS) is 10.7. The van der Waals surface area contributed by atoms with E-state index >= 15 is 0 Å². The lowest BCUT2D eigenvalue weighted by Gasteiger charge is -2.10. The number of fused-ring (bicyclic) bond motifs is 1. The number of amides is 1. The zero-order valence-corrected chi connectivity index (χ0v) is 16.4. The highest BCUT2D eigenvalue weighted by atomic mass is 16.5. The Kier molecular flexibility index (Phi) is 5.21. The summed E-state index contributed by atoms with van der Waals surface area (Å²) in [6.07, 6.45) is 0. The summed E-state index contributed by atoms with van der Waals surface area (Å²) in [5, 5.41) is 2.83. The van der Waals surface area contributed by atoms with Crippen molar-refractivity contribution in [2.75, 3.05) is 12.4 Å². The van der Waals surface area contributed by atoms with E-state index in [2.05, 4.69) is 10.3 Å². The Morgan fingerprint density at radius 1 is 1.10 bits per heavy atom. The van der Waals surface area contributed by atoms with Gasteiger partial charge in [0.2, 0.25) is 0 Å². The van der Waals surface area contributed by atoms with E-state index in [1.165, 1.54) is 6.07 Å². The first-order valence-electron chi connectivity index (χ1n) is 9.20. The SMILES string of the molecule is COc1cccc(C(=O)Nc2cccc(OCc3cc(=O)n4oc(C)cc4n3)c2)c1. The molecular formula is C22H19N3O5. The molecule has 30 heavy (non-hydrogen) atoms. The van der Waals surface area contributed by atoms with Crippen LogP contribution < -0.4 is 20.3 Å². The molecular weight excluding hydrogens is 386 g/mol. The van der Waals surface area contributed by atoms with Gasteiger partial charge < -0.3 is 19.3 Å². The van der Waals surface area contributed by atoms with Crippen LogP contribution in [0.3, 0.4) is 0 Å². The van der Waals surface area contributed by atoms with E-state index in [1.807, 2.05) is 0 Å². The van der Waals surface area contributed by atoms with Gasteiger partial charge in [-0.3, -0.25) is 9.59 Å². The fourth-order valence-corrected chi connectivity index (χ4v) is 2.94. The summed E-state index contributed by atoms with van der Waals surface area (Å²) in [7, 11) is 1.55. The second kappa shape index (κ2) is 8.12. The minimum absolute atomic E-state index is 0.100. The number of rotatable bonds is 6. The monoisotopic (exact) mass is 405 g/mol. The minimum atomic E-state index is -0.314. The Hall–Kier alpha value is -4.07. The molecule has 0 aliphatic rings. The molecule has 2 heterocycles. The molecule has 152 valence electrons. The average Bonchev–Trinajstić information content (AvgIpc) is 3.13. The highest BCUT2D eigenvalue weighted by Gasteiger charge is 2.09. The lowest BCUT2D eigenvalue weighted by Crippen LogP contribution is -2.14. The van der Waals surface area contributed by atoms with Gasteiger partial charge >= 0.3 is 0 Å². The molecule has 0 radical (unpaired) electrons.